The first kappa shape index (κ1) is 55.4. The second-order valence-corrected chi connectivity index (χ2v) is 17.4. The van der Waals surface area contributed by atoms with E-state index in [1.807, 2.05) is 36.4 Å². The number of carbonyl (C=O) groups is 6. The zero-order chi connectivity index (χ0) is 51.3. The van der Waals surface area contributed by atoms with Gasteiger partial charge in [0.15, 0.2) is 5.82 Å². The third kappa shape index (κ3) is 22.0. The van der Waals surface area contributed by atoms with Crippen LogP contribution in [0.15, 0.2) is 84.6 Å². The van der Waals surface area contributed by atoms with Crippen LogP contribution >= 0.6 is 0 Å². The predicted octanol–water partition coefficient (Wildman–Crippen LogP) is 6.08. The Morgan fingerprint density at radius 3 is 1.80 bits per heavy atom. The van der Waals surface area contributed by atoms with Crippen molar-refractivity contribution in [1.29, 1.82) is 0 Å². The van der Waals surface area contributed by atoms with Crippen LogP contribution in [0, 0.1) is 0 Å². The number of ether oxygens (including phenoxy) is 5. The molecule has 0 spiro atoms. The first-order valence-corrected chi connectivity index (χ1v) is 21.6. The summed E-state index contributed by atoms with van der Waals surface area (Å²) < 4.78 is 25.7. The third-order valence-electron chi connectivity index (χ3n) is 8.59. The van der Waals surface area contributed by atoms with Gasteiger partial charge in [0.05, 0.1) is 19.2 Å². The predicted molar refractivity (Wildman–Crippen MR) is 256 cm³/mol. The highest BCUT2D eigenvalue weighted by Gasteiger charge is 2.24. The van der Waals surface area contributed by atoms with Crippen molar-refractivity contribution in [3.8, 4) is 0 Å². The van der Waals surface area contributed by atoms with Gasteiger partial charge in [-0.3, -0.25) is 10.1 Å². The molecule has 0 radical (unpaired) electrons. The minimum atomic E-state index is -1.26. The molecule has 2 amide bonds. The average Bonchev–Trinajstić information content (AvgIpc) is 3.27. The van der Waals surface area contributed by atoms with Crippen LogP contribution in [0.4, 0.5) is 21.2 Å². The number of amides is 2. The van der Waals surface area contributed by atoms with E-state index in [0.29, 0.717) is 23.2 Å². The second kappa shape index (κ2) is 26.4. The smallest absolute Gasteiger partial charge is 0.412 e. The number of nitrogens with one attached hydrogen (secondary N) is 2. The molecule has 0 saturated carbocycles. The number of carboxylic acid groups (broad SMARTS) is 1. The number of hydrogen-bond acceptors (Lipinski definition) is 17. The van der Waals surface area contributed by atoms with E-state index >= 15 is 0 Å². The average molecular weight is 955 g/mol. The van der Waals surface area contributed by atoms with Crippen molar-refractivity contribution in [2.45, 2.75) is 91.3 Å². The minimum absolute atomic E-state index is 0.0200. The van der Waals surface area contributed by atoms with E-state index in [-0.39, 0.29) is 55.7 Å². The lowest BCUT2D eigenvalue weighted by Gasteiger charge is -2.20. The highest BCUT2D eigenvalue weighted by molar-refractivity contribution is 5.96. The number of carboxylic acids is 1. The Morgan fingerprint density at radius 2 is 1.28 bits per heavy atom. The van der Waals surface area contributed by atoms with E-state index < -0.39 is 47.3 Å². The summed E-state index contributed by atoms with van der Waals surface area (Å²) in [4.78, 5) is 93.6. The molecule has 0 bridgehead atoms. The van der Waals surface area contributed by atoms with Crippen molar-refractivity contribution in [1.82, 2.24) is 30.6 Å². The van der Waals surface area contributed by atoms with Crippen molar-refractivity contribution in [3.63, 3.8) is 0 Å². The Hall–Kier alpha value is -7.90. The summed E-state index contributed by atoms with van der Waals surface area (Å²) in [7, 11) is 8.32. The summed E-state index contributed by atoms with van der Waals surface area (Å²) in [6.07, 6.45) is 2.49. The molecule has 0 aliphatic heterocycles. The van der Waals surface area contributed by atoms with E-state index in [2.05, 4.69) is 30.6 Å². The van der Waals surface area contributed by atoms with E-state index in [4.69, 9.17) is 23.7 Å². The molecule has 2 heterocycles. The van der Waals surface area contributed by atoms with Crippen molar-refractivity contribution in [3.05, 3.63) is 119 Å². The van der Waals surface area contributed by atoms with Gasteiger partial charge in [-0.1, -0.05) is 60.7 Å². The van der Waals surface area contributed by atoms with E-state index in [1.54, 1.807) is 116 Å². The molecule has 0 aliphatic carbocycles. The summed E-state index contributed by atoms with van der Waals surface area (Å²) in [6.45, 7) is 10.7. The van der Waals surface area contributed by atoms with Gasteiger partial charge < -0.3 is 43.9 Å². The molecule has 1 unspecified atom stereocenters. The maximum Gasteiger partial charge on any atom is 0.412 e. The first-order valence-electron chi connectivity index (χ1n) is 21.6. The van der Waals surface area contributed by atoms with Gasteiger partial charge in [-0.05, 0) is 64.8 Å². The molecule has 1 atom stereocenters. The van der Waals surface area contributed by atoms with Crippen LogP contribution in [0.5, 0.6) is 0 Å². The number of carbonyl (C=O) groups excluding carboxylic acids is 5. The normalized spacial score (nSPS) is 11.8. The van der Waals surface area contributed by atoms with E-state index in [9.17, 15) is 33.9 Å². The molecule has 20 nitrogen and oxygen atoms in total. The minimum Gasteiger partial charge on any atom is -0.480 e. The number of esters is 3. The number of benzene rings is 2. The Bertz CT molecular complexity index is 2430. The molecule has 2 aromatic heterocycles. The molecule has 0 aliphatic rings. The zero-order valence-electron chi connectivity index (χ0n) is 40.9. The second-order valence-electron chi connectivity index (χ2n) is 17.4. The maximum absolute atomic E-state index is 12.3. The number of hydrogen-bond donors (Lipinski definition) is 3. The number of nitrogens with zero attached hydrogens (tertiary/aromatic N) is 6. The van der Waals surface area contributed by atoms with Crippen LogP contribution in [0.1, 0.15) is 82.1 Å². The molecule has 2 aromatic carbocycles. The van der Waals surface area contributed by atoms with Crippen molar-refractivity contribution in [2.75, 3.05) is 45.1 Å². The number of aliphatic carboxylic acids is 1. The largest absolute Gasteiger partial charge is 0.480 e. The van der Waals surface area contributed by atoms with Crippen LogP contribution in [0.25, 0.3) is 12.2 Å². The number of methoxy groups -OCH3 is 1. The fourth-order valence-electron chi connectivity index (χ4n) is 5.51. The lowest BCUT2D eigenvalue weighted by Crippen LogP contribution is -2.42. The van der Waals surface area contributed by atoms with Gasteiger partial charge >= 0.3 is 36.1 Å². The fraction of sp³-hybridized carbons (Fsp3) is 0.388. The van der Waals surface area contributed by atoms with Crippen LogP contribution < -0.4 is 20.4 Å². The summed E-state index contributed by atoms with van der Waals surface area (Å²) in [6, 6.07) is 20.2. The van der Waals surface area contributed by atoms with Crippen molar-refractivity contribution in [2.24, 2.45) is 0 Å². The van der Waals surface area contributed by atoms with Gasteiger partial charge in [0.1, 0.15) is 53.6 Å². The van der Waals surface area contributed by atoms with Gasteiger partial charge in [-0.15, -0.1) is 0 Å². The third-order valence-corrected chi connectivity index (χ3v) is 8.59. The summed E-state index contributed by atoms with van der Waals surface area (Å²) in [5, 5.41) is 14.4. The van der Waals surface area contributed by atoms with Gasteiger partial charge in [-0.25, -0.2) is 43.9 Å². The Morgan fingerprint density at radius 1 is 0.725 bits per heavy atom. The van der Waals surface area contributed by atoms with Gasteiger partial charge in [0.25, 0.3) is 0 Å². The zero-order valence-corrected chi connectivity index (χ0v) is 40.9. The number of aromatic nitrogens is 4. The Labute approximate surface area is 402 Å². The number of aryl methyl sites for hydroxylation is 1. The summed E-state index contributed by atoms with van der Waals surface area (Å²) >= 11 is 0. The van der Waals surface area contributed by atoms with Crippen LogP contribution in [-0.2, 0) is 68.9 Å². The number of rotatable bonds is 18. The van der Waals surface area contributed by atoms with Gasteiger partial charge in [0.2, 0.25) is 0 Å². The molecular formula is C49H62N8O12. The van der Waals surface area contributed by atoms with E-state index in [0.717, 1.165) is 11.1 Å². The van der Waals surface area contributed by atoms with Gasteiger partial charge in [-0.2, -0.15) is 0 Å². The standard InChI is InChI=1S/C25H30N4O6.C24H32N4O6/c1-25(2,3)35-22(30)13-12-20-26-18(15-21(28-20)29(4)5)14-19(23(31)33-6)27-24(32)34-16-17-10-8-7-9-11-17;1-24(2,3)34-21(29)12-11-19-25-17(14-20(27-19)28(4)5)13-18(22(30)31)26-23(32)33-15-16-9-7-6-8-10-16/h7-15H,16H2,1-6H3,(H,27,32);6-10,14,18H,11-13,15H2,1-5H3,(H,26,32)(H,30,31)/b13-12+,19-14+;. The fourth-order valence-corrected chi connectivity index (χ4v) is 5.51. The number of anilines is 2. The Kier molecular flexibility index (Phi) is 21.2. The molecule has 0 fully saturated rings. The molecule has 20 heteroatoms. The molecule has 0 saturated heterocycles. The Balaban J connectivity index is 0.000000365. The lowest BCUT2D eigenvalue weighted by atomic mass is 10.1. The number of alkyl carbamates (subject to hydrolysis) is 2. The topological polar surface area (TPSA) is 251 Å². The molecule has 4 rings (SSSR count). The van der Waals surface area contributed by atoms with Gasteiger partial charge in [0, 0.05) is 64.9 Å². The van der Waals surface area contributed by atoms with Crippen molar-refractivity contribution >= 4 is 59.9 Å². The molecule has 370 valence electrons. The lowest BCUT2D eigenvalue weighted by molar-refractivity contribution is -0.155. The molecule has 3 N–H and O–H groups in total. The monoisotopic (exact) mass is 954 g/mol. The summed E-state index contributed by atoms with van der Waals surface area (Å²) in [5.74, 6) is -1.31. The van der Waals surface area contributed by atoms with Crippen LogP contribution in [0.3, 0.4) is 0 Å². The molecule has 4 aromatic rings. The van der Waals surface area contributed by atoms with E-state index in [1.165, 1.54) is 25.3 Å². The molecular weight excluding hydrogens is 893 g/mol. The van der Waals surface area contributed by atoms with Crippen molar-refractivity contribution < 1.29 is 57.6 Å². The highest BCUT2D eigenvalue weighted by Crippen LogP contribution is 2.17. The molecule has 69 heavy (non-hydrogen) atoms. The summed E-state index contributed by atoms with van der Waals surface area (Å²) in [5.41, 5.74) is 0.854. The quantitative estimate of drug-likeness (QED) is 0.0581. The van der Waals surface area contributed by atoms with Crippen LogP contribution in [-0.4, -0.2) is 114 Å². The maximum atomic E-state index is 12.3. The first-order chi connectivity index (χ1) is 32.4. The highest BCUT2D eigenvalue weighted by atomic mass is 16.6. The SMILES string of the molecule is CN(C)c1cc(CC(NC(=O)OCc2ccccc2)C(=O)O)nc(CCC(=O)OC(C)(C)C)n1.COC(=O)/C(=C\c1cc(N(C)C)nc(/C=C/C(=O)OC(C)(C)C)n1)NC(=O)OCc1ccccc1. The van der Waals surface area contributed by atoms with Crippen LogP contribution in [0.2, 0.25) is 0 Å².